The molecule has 2 heterocycles. The van der Waals surface area contributed by atoms with Crippen molar-refractivity contribution in [3.8, 4) is 0 Å². The molecule has 2 aromatic rings. The second-order valence-electron chi connectivity index (χ2n) is 6.92. The zero-order valence-corrected chi connectivity index (χ0v) is 16.2. The molecule has 0 unspecified atom stereocenters. The number of morpholine rings is 1. The summed E-state index contributed by atoms with van der Waals surface area (Å²) in [6.07, 6.45) is 1.14. The highest BCUT2D eigenvalue weighted by Gasteiger charge is 2.29. The van der Waals surface area contributed by atoms with E-state index in [0.717, 1.165) is 39.3 Å². The Morgan fingerprint density at radius 2 is 1.89 bits per heavy atom. The number of benzene rings is 2. The summed E-state index contributed by atoms with van der Waals surface area (Å²) in [6, 6.07) is 12.3. The molecule has 0 saturated carbocycles. The van der Waals surface area contributed by atoms with Crippen LogP contribution in [-0.2, 0) is 9.53 Å². The number of rotatable bonds is 4. The van der Waals surface area contributed by atoms with E-state index in [4.69, 9.17) is 16.3 Å². The van der Waals surface area contributed by atoms with Gasteiger partial charge in [-0.3, -0.25) is 19.4 Å². The first kappa shape index (κ1) is 18.9. The Hall–Kier alpha value is -2.41. The number of hydrogen-bond donors (Lipinski definition) is 1. The number of nitrogens with one attached hydrogen (secondary N) is 1. The van der Waals surface area contributed by atoms with Crippen LogP contribution in [0.5, 0.6) is 0 Å². The van der Waals surface area contributed by atoms with E-state index < -0.39 is 0 Å². The lowest BCUT2D eigenvalue weighted by atomic mass is 10.1. The predicted molar refractivity (Wildman–Crippen MR) is 109 cm³/mol. The highest BCUT2D eigenvalue weighted by molar-refractivity contribution is 6.31. The topological polar surface area (TPSA) is 61.9 Å². The minimum absolute atomic E-state index is 0.0409. The zero-order chi connectivity index (χ0) is 19.5. The molecule has 0 radical (unpaired) electrons. The maximum atomic E-state index is 13.2. The van der Waals surface area contributed by atoms with Crippen LogP contribution in [0.2, 0.25) is 5.02 Å². The third-order valence-electron chi connectivity index (χ3n) is 5.06. The zero-order valence-electron chi connectivity index (χ0n) is 15.5. The van der Waals surface area contributed by atoms with E-state index in [-0.39, 0.29) is 11.8 Å². The Balaban J connectivity index is 1.60. The molecule has 1 saturated heterocycles. The molecule has 146 valence electrons. The van der Waals surface area contributed by atoms with Gasteiger partial charge >= 0.3 is 0 Å². The number of fused-ring (bicyclic) bond motifs is 2. The quantitative estimate of drug-likeness (QED) is 0.851. The molecule has 1 N–H and O–H groups in total. The van der Waals surface area contributed by atoms with E-state index in [1.807, 2.05) is 6.07 Å². The van der Waals surface area contributed by atoms with Crippen LogP contribution in [0.4, 0.5) is 17.1 Å². The van der Waals surface area contributed by atoms with Crippen LogP contribution in [0.1, 0.15) is 23.2 Å². The van der Waals surface area contributed by atoms with Gasteiger partial charge in [0, 0.05) is 24.5 Å². The fraction of sp³-hybridized carbons (Fsp3) is 0.333. The second-order valence-corrected chi connectivity index (χ2v) is 7.36. The lowest BCUT2D eigenvalue weighted by Gasteiger charge is -2.27. The number of carbonyl (C=O) groups is 2. The summed E-state index contributed by atoms with van der Waals surface area (Å²) in [4.78, 5) is 29.8. The SMILES string of the molecule is O=C1Nc2cc(Cl)ccc2N(C(=O)CCCN2CCOCC2)c2ccccc21. The van der Waals surface area contributed by atoms with Gasteiger partial charge in [-0.1, -0.05) is 23.7 Å². The van der Waals surface area contributed by atoms with Crippen molar-refractivity contribution in [2.45, 2.75) is 12.8 Å². The summed E-state index contributed by atoms with van der Waals surface area (Å²) in [5, 5.41) is 3.38. The molecule has 0 aromatic heterocycles. The first-order chi connectivity index (χ1) is 13.6. The predicted octanol–water partition coefficient (Wildman–Crippen LogP) is 3.68. The molecule has 28 heavy (non-hydrogen) atoms. The molecular weight excluding hydrogens is 378 g/mol. The van der Waals surface area contributed by atoms with Gasteiger partial charge in [-0.2, -0.15) is 0 Å². The Bertz CT molecular complexity index is 896. The van der Waals surface area contributed by atoms with E-state index in [1.54, 1.807) is 41.3 Å². The molecule has 0 aliphatic carbocycles. The Morgan fingerprint density at radius 3 is 2.71 bits per heavy atom. The largest absolute Gasteiger partial charge is 0.379 e. The van der Waals surface area contributed by atoms with Gasteiger partial charge in [-0.15, -0.1) is 0 Å². The van der Waals surface area contributed by atoms with Gasteiger partial charge in [0.15, 0.2) is 0 Å². The van der Waals surface area contributed by atoms with Crippen molar-refractivity contribution in [1.29, 1.82) is 0 Å². The average Bonchev–Trinajstić information content (AvgIpc) is 2.82. The number of halogens is 1. The number of amides is 2. The van der Waals surface area contributed by atoms with E-state index in [9.17, 15) is 9.59 Å². The summed E-state index contributed by atoms with van der Waals surface area (Å²) in [5.74, 6) is -0.288. The maximum Gasteiger partial charge on any atom is 0.257 e. The molecular formula is C21H22ClN3O3. The molecule has 7 heteroatoms. The van der Waals surface area contributed by atoms with E-state index >= 15 is 0 Å². The van der Waals surface area contributed by atoms with Gasteiger partial charge in [-0.25, -0.2) is 0 Å². The molecule has 2 aliphatic rings. The lowest BCUT2D eigenvalue weighted by Crippen LogP contribution is -2.37. The Labute approximate surface area is 169 Å². The van der Waals surface area contributed by atoms with Gasteiger partial charge < -0.3 is 10.1 Å². The maximum absolute atomic E-state index is 13.2. The molecule has 0 atom stereocenters. The summed E-state index contributed by atoms with van der Waals surface area (Å²) >= 11 is 6.12. The summed E-state index contributed by atoms with van der Waals surface area (Å²) < 4.78 is 5.37. The van der Waals surface area contributed by atoms with Crippen LogP contribution in [-0.4, -0.2) is 49.6 Å². The number of ether oxygens (including phenoxy) is 1. The molecule has 2 amide bonds. The molecule has 2 aromatic carbocycles. The highest BCUT2D eigenvalue weighted by Crippen LogP contribution is 2.39. The van der Waals surface area contributed by atoms with Crippen LogP contribution in [0.3, 0.4) is 0 Å². The third kappa shape index (κ3) is 3.90. The molecule has 4 rings (SSSR count). The van der Waals surface area contributed by atoms with E-state index in [1.165, 1.54) is 0 Å². The van der Waals surface area contributed by atoms with Crippen LogP contribution in [0.25, 0.3) is 0 Å². The summed E-state index contributed by atoms with van der Waals surface area (Å²) in [7, 11) is 0. The lowest BCUT2D eigenvalue weighted by molar-refractivity contribution is -0.118. The van der Waals surface area contributed by atoms with Crippen LogP contribution < -0.4 is 10.2 Å². The van der Waals surface area contributed by atoms with E-state index in [0.29, 0.717) is 34.1 Å². The van der Waals surface area contributed by atoms with Crippen molar-refractivity contribution >= 4 is 40.5 Å². The van der Waals surface area contributed by atoms with Gasteiger partial charge in [0.2, 0.25) is 5.91 Å². The second kappa shape index (κ2) is 8.31. The smallest absolute Gasteiger partial charge is 0.257 e. The Morgan fingerprint density at radius 1 is 1.11 bits per heavy atom. The molecule has 1 fully saturated rings. The minimum atomic E-state index is -0.247. The van der Waals surface area contributed by atoms with Crippen molar-refractivity contribution in [2.75, 3.05) is 43.1 Å². The van der Waals surface area contributed by atoms with Gasteiger partial charge in [0.25, 0.3) is 5.91 Å². The first-order valence-corrected chi connectivity index (χ1v) is 9.84. The van der Waals surface area contributed by atoms with Crippen LogP contribution in [0.15, 0.2) is 42.5 Å². The van der Waals surface area contributed by atoms with Crippen molar-refractivity contribution in [2.24, 2.45) is 0 Å². The average molecular weight is 400 g/mol. The molecule has 0 spiro atoms. The highest BCUT2D eigenvalue weighted by atomic mass is 35.5. The number of para-hydroxylation sites is 1. The van der Waals surface area contributed by atoms with Crippen LogP contribution in [0, 0.1) is 0 Å². The fourth-order valence-electron chi connectivity index (χ4n) is 3.64. The third-order valence-corrected chi connectivity index (χ3v) is 5.29. The fourth-order valence-corrected chi connectivity index (χ4v) is 3.81. The number of anilines is 3. The van der Waals surface area contributed by atoms with Crippen molar-refractivity contribution in [1.82, 2.24) is 4.90 Å². The van der Waals surface area contributed by atoms with Crippen molar-refractivity contribution in [3.63, 3.8) is 0 Å². The van der Waals surface area contributed by atoms with Crippen molar-refractivity contribution < 1.29 is 14.3 Å². The minimum Gasteiger partial charge on any atom is -0.379 e. The van der Waals surface area contributed by atoms with Crippen molar-refractivity contribution in [3.05, 3.63) is 53.1 Å². The normalized spacial score (nSPS) is 16.8. The molecule has 6 nitrogen and oxygen atoms in total. The molecule has 2 aliphatic heterocycles. The van der Waals surface area contributed by atoms with Gasteiger partial charge in [-0.05, 0) is 43.3 Å². The number of hydrogen-bond acceptors (Lipinski definition) is 4. The standard InChI is InChI=1S/C21H22ClN3O3/c22-15-7-8-19-17(14-15)23-21(27)16-4-1-2-5-18(16)25(19)20(26)6-3-9-24-10-12-28-13-11-24/h1-2,4-5,7-8,14H,3,6,9-13H2,(H,23,27). The summed E-state index contributed by atoms with van der Waals surface area (Å²) in [5.41, 5.74) is 2.24. The van der Waals surface area contributed by atoms with Gasteiger partial charge in [0.1, 0.15) is 0 Å². The number of nitrogens with zero attached hydrogens (tertiary/aromatic N) is 2. The monoisotopic (exact) mass is 399 g/mol. The van der Waals surface area contributed by atoms with Gasteiger partial charge in [0.05, 0.1) is 35.8 Å². The Kier molecular flexibility index (Phi) is 5.62. The van der Waals surface area contributed by atoms with Crippen LogP contribution >= 0.6 is 11.6 Å². The summed E-state index contributed by atoms with van der Waals surface area (Å²) in [6.45, 7) is 4.15. The number of carbonyl (C=O) groups excluding carboxylic acids is 2. The first-order valence-electron chi connectivity index (χ1n) is 9.46. The van der Waals surface area contributed by atoms with E-state index in [2.05, 4.69) is 10.2 Å². The molecule has 0 bridgehead atoms.